The van der Waals surface area contributed by atoms with Crippen molar-refractivity contribution >= 4 is 13.3 Å². The van der Waals surface area contributed by atoms with Crippen LogP contribution in [0.15, 0.2) is 11.6 Å². The minimum absolute atomic E-state index is 0. The molecule has 8 nitrogen and oxygen atoms in total. The van der Waals surface area contributed by atoms with Crippen molar-refractivity contribution in [2.24, 2.45) is 46.3 Å². The van der Waals surface area contributed by atoms with E-state index >= 15 is 0 Å². The van der Waals surface area contributed by atoms with E-state index in [-0.39, 0.29) is 101 Å². The molecule has 40 heavy (non-hydrogen) atoms. The van der Waals surface area contributed by atoms with Crippen LogP contribution < -0.4 is 104 Å². The maximum absolute atomic E-state index is 10.3. The normalized spacial score (nSPS) is 46.8. The smallest absolute Gasteiger partial charge is 0.807 e. The number of allylic oxidation sites excluding steroid dienone is 2. The van der Waals surface area contributed by atoms with Gasteiger partial charge in [0.2, 0.25) is 0 Å². The minimum Gasteiger partial charge on any atom is -0.807 e. The van der Waals surface area contributed by atoms with Crippen molar-refractivity contribution in [3.63, 3.8) is 0 Å². The first-order valence-corrected chi connectivity index (χ1v) is 15.7. The van der Waals surface area contributed by atoms with E-state index in [4.69, 9.17) is 33.7 Å². The van der Waals surface area contributed by atoms with Gasteiger partial charge in [0.1, 0.15) is 0 Å². The third-order valence-corrected chi connectivity index (χ3v) is 11.9. The molecular formula is C28H42Na3O8P. The summed E-state index contributed by atoms with van der Waals surface area (Å²) in [5, 5.41) is 19.3. The van der Waals surface area contributed by atoms with Crippen molar-refractivity contribution in [3.05, 3.63) is 11.6 Å². The molecule has 6 rings (SSSR count). The van der Waals surface area contributed by atoms with Gasteiger partial charge in [0, 0.05) is 12.3 Å². The molecule has 6 aliphatic rings. The summed E-state index contributed by atoms with van der Waals surface area (Å²) in [5.74, 6) is 3.68. The van der Waals surface area contributed by atoms with E-state index in [1.165, 1.54) is 38.5 Å². The van der Waals surface area contributed by atoms with Gasteiger partial charge in [0.25, 0.3) is 0 Å². The largest absolute Gasteiger partial charge is 1.00 e. The molecule has 2 saturated heterocycles. The maximum Gasteiger partial charge on any atom is 1.00 e. The third kappa shape index (κ3) is 6.69. The molecule has 1 spiro atoms. The number of ether oxygens (including phenoxy) is 2. The molecule has 0 aromatic heterocycles. The summed E-state index contributed by atoms with van der Waals surface area (Å²) in [7, 11) is -5.43. The summed E-state index contributed by atoms with van der Waals surface area (Å²) in [4.78, 5) is 27.3. The fourth-order valence-corrected chi connectivity index (χ4v) is 9.52. The van der Waals surface area contributed by atoms with Crippen LogP contribution in [0.25, 0.3) is 0 Å². The maximum atomic E-state index is 10.3. The van der Waals surface area contributed by atoms with Gasteiger partial charge in [0.05, 0.1) is 24.5 Å². The van der Waals surface area contributed by atoms with Crippen molar-refractivity contribution in [1.82, 2.24) is 0 Å². The van der Waals surface area contributed by atoms with E-state index in [1.54, 1.807) is 5.57 Å². The number of aliphatic hydroxyl groups is 1. The number of hydrogen-bond acceptors (Lipinski definition) is 8. The molecule has 0 bridgehead atoms. The number of carbonyl (C=O) groups excluding carboxylic acids is 1. The van der Waals surface area contributed by atoms with Gasteiger partial charge < -0.3 is 38.8 Å². The number of carbonyl (C=O) groups is 1. The first kappa shape index (κ1) is 38.4. The fourth-order valence-electron chi connectivity index (χ4n) is 9.52. The minimum atomic E-state index is -5.43. The molecule has 11 unspecified atom stereocenters. The van der Waals surface area contributed by atoms with Crippen LogP contribution in [0.5, 0.6) is 0 Å². The van der Waals surface area contributed by atoms with Gasteiger partial charge in [-0.2, -0.15) is 0 Å². The Morgan fingerprint density at radius 2 is 1.70 bits per heavy atom. The van der Waals surface area contributed by atoms with Crippen LogP contribution in [0.2, 0.25) is 0 Å². The Morgan fingerprint density at radius 3 is 2.27 bits per heavy atom. The quantitative estimate of drug-likeness (QED) is 0.177. The summed E-state index contributed by atoms with van der Waals surface area (Å²) < 4.78 is 22.5. The van der Waals surface area contributed by atoms with Crippen LogP contribution in [-0.4, -0.2) is 35.4 Å². The summed E-state index contributed by atoms with van der Waals surface area (Å²) in [6.07, 6.45) is 13.6. The van der Waals surface area contributed by atoms with Gasteiger partial charge in [-0.05, 0) is 99.4 Å². The van der Waals surface area contributed by atoms with Crippen molar-refractivity contribution < 1.29 is 128 Å². The van der Waals surface area contributed by atoms with E-state index in [2.05, 4.69) is 33.8 Å². The average molecular weight is 607 g/mol. The van der Waals surface area contributed by atoms with E-state index < -0.39 is 13.3 Å². The van der Waals surface area contributed by atoms with E-state index in [9.17, 15) is 5.11 Å². The molecule has 0 amide bonds. The first-order valence-electron chi connectivity index (χ1n) is 14.2. The Morgan fingerprint density at radius 1 is 1.05 bits per heavy atom. The second-order valence-electron chi connectivity index (χ2n) is 13.4. The zero-order chi connectivity index (χ0) is 27.0. The van der Waals surface area contributed by atoms with Crippen molar-refractivity contribution in [2.75, 3.05) is 6.61 Å². The summed E-state index contributed by atoms with van der Waals surface area (Å²) in [6, 6.07) is 0. The molecule has 0 aromatic carbocycles. The monoisotopic (exact) mass is 606 g/mol. The van der Waals surface area contributed by atoms with Crippen molar-refractivity contribution in [2.45, 2.75) is 103 Å². The summed E-state index contributed by atoms with van der Waals surface area (Å²) in [5.41, 5.74) is -0.103. The summed E-state index contributed by atoms with van der Waals surface area (Å²) >= 11 is 0. The number of hydrogen-bond donors (Lipinski definition) is 1. The van der Waals surface area contributed by atoms with Crippen LogP contribution in [-0.2, 0) is 14.0 Å². The number of fused-ring (bicyclic) bond motifs is 7. The fraction of sp³-hybridized carbons (Fsp3) is 0.893. The first-order chi connectivity index (χ1) is 17.2. The molecule has 3 saturated carbocycles. The Kier molecular flexibility index (Phi) is 13.4. The van der Waals surface area contributed by atoms with Crippen LogP contribution in [0.3, 0.4) is 0 Å². The van der Waals surface area contributed by atoms with Gasteiger partial charge in [-0.25, -0.2) is 0 Å². The van der Waals surface area contributed by atoms with Crippen LogP contribution >= 0.6 is 7.60 Å². The summed E-state index contributed by atoms with van der Waals surface area (Å²) in [6.45, 7) is 10.7. The Labute approximate surface area is 305 Å². The molecule has 1 N–H and O–H groups in total. The molecule has 2 aliphatic heterocycles. The molecule has 12 heteroatoms. The van der Waals surface area contributed by atoms with Crippen LogP contribution in [0, 0.1) is 46.3 Å². The van der Waals surface area contributed by atoms with Gasteiger partial charge >= 0.3 is 88.7 Å². The Hall–Kier alpha value is 2.24. The number of rotatable bonds is 1. The van der Waals surface area contributed by atoms with Crippen LogP contribution in [0.1, 0.15) is 85.5 Å². The molecule has 210 valence electrons. The Bertz CT molecular complexity index is 998. The average Bonchev–Trinajstić information content (AvgIpc) is 3.26. The predicted octanol–water partition coefficient (Wildman–Crippen LogP) is -6.03. The van der Waals surface area contributed by atoms with E-state index in [0.29, 0.717) is 40.6 Å². The molecule has 11 atom stereocenters. The van der Waals surface area contributed by atoms with E-state index in [1.807, 2.05) is 0 Å². The number of aliphatic hydroxyl groups excluding tert-OH is 1. The van der Waals surface area contributed by atoms with E-state index in [0.717, 1.165) is 37.7 Å². The topological polar surface area (TPSA) is 142 Å². The molecule has 0 radical (unpaired) electrons. The molecular weight excluding hydrogens is 564 g/mol. The standard InChI is InChI=1S/C27H42O3.CH3O5P.3Na/c1-16-7-12-27(29-15-16)17(2)24-23(30-27)14-22-20-6-5-18-13-19(28)8-10-25(18,3)21(20)9-11-26(22,24)4;2-1(3)7(4,5)6;;;/h9,16-20,22-24,28H,5-8,10-15H2,1-4H3;(H,2,3)(H2,4,5,6);;;/q;;3*+1/p-3. The molecule has 4 aliphatic carbocycles. The Balaban J connectivity index is 0.000000503. The zero-order valence-electron chi connectivity index (χ0n) is 25.5. The van der Waals surface area contributed by atoms with Gasteiger partial charge in [-0.15, -0.1) is 0 Å². The van der Waals surface area contributed by atoms with Gasteiger partial charge in [-0.3, -0.25) is 0 Å². The van der Waals surface area contributed by atoms with Crippen molar-refractivity contribution in [1.29, 1.82) is 0 Å². The SMILES string of the molecule is CC1CCC2(OC1)OC1CC3C4CCC5CC(O)CCC5(C)C4=CCC3(C)C1C2C.O=C([O-])P(=O)([O-])[O-].[Na+].[Na+].[Na+]. The van der Waals surface area contributed by atoms with Gasteiger partial charge in [0.15, 0.2) is 5.79 Å². The second-order valence-corrected chi connectivity index (χ2v) is 14.8. The van der Waals surface area contributed by atoms with Crippen molar-refractivity contribution in [3.8, 4) is 0 Å². The third-order valence-electron chi connectivity index (χ3n) is 11.5. The molecule has 0 aromatic rings. The van der Waals surface area contributed by atoms with Crippen LogP contribution in [0.4, 0.5) is 4.79 Å². The second kappa shape index (κ2) is 13.9. The molecule has 5 fully saturated rings. The zero-order valence-corrected chi connectivity index (χ0v) is 32.4. The van der Waals surface area contributed by atoms with Gasteiger partial charge in [-0.1, -0.05) is 39.3 Å². The number of carboxylic acid groups (broad SMARTS) is 1. The molecule has 2 heterocycles. The predicted molar refractivity (Wildman–Crippen MR) is 131 cm³/mol.